The van der Waals surface area contributed by atoms with Crippen molar-refractivity contribution in [3.63, 3.8) is 0 Å². The zero-order valence-corrected chi connectivity index (χ0v) is 5.53. The molecule has 1 unspecified atom stereocenters. The van der Waals surface area contributed by atoms with Crippen LogP contribution in [-0.2, 0) is 9.47 Å². The van der Waals surface area contributed by atoms with E-state index in [-0.39, 0.29) is 5.62 Å². The van der Waals surface area contributed by atoms with Crippen molar-refractivity contribution in [1.29, 1.82) is 0 Å². The minimum Gasteiger partial charge on any atom is -0.346 e. The van der Waals surface area contributed by atoms with Crippen molar-refractivity contribution in [3.8, 4) is 0 Å². The van der Waals surface area contributed by atoms with Crippen molar-refractivity contribution >= 4 is 11.9 Å². The zero-order chi connectivity index (χ0) is 5.82. The Morgan fingerprint density at radius 2 is 2.75 bits per heavy atom. The first-order valence-electron chi connectivity index (χ1n) is 2.46. The van der Waals surface area contributed by atoms with Gasteiger partial charge in [0.2, 0.25) is 5.62 Å². The molecule has 3 nitrogen and oxygen atoms in total. The highest BCUT2D eigenvalue weighted by Crippen LogP contribution is 2.11. The highest BCUT2D eigenvalue weighted by atomic mass is 32.2. The Kier molecular flexibility index (Phi) is 2.62. The third-order valence-corrected chi connectivity index (χ3v) is 1.72. The number of nitrogens with one attached hydrogen (secondary N) is 1. The Balaban J connectivity index is 2.13. The number of ether oxygens (including phenoxy) is 2. The topological polar surface area (TPSA) is 30.5 Å². The summed E-state index contributed by atoms with van der Waals surface area (Å²) in [6, 6.07) is 0. The maximum atomic E-state index is 5.11. The van der Waals surface area contributed by atoms with Gasteiger partial charge in [-0.25, -0.2) is 0 Å². The Bertz CT molecular complexity index is 65.1. The van der Waals surface area contributed by atoms with Gasteiger partial charge in [-0.1, -0.05) is 0 Å². The summed E-state index contributed by atoms with van der Waals surface area (Å²) in [4.78, 5) is 0. The molecule has 0 spiro atoms. The second kappa shape index (κ2) is 3.29. The van der Waals surface area contributed by atoms with Crippen LogP contribution in [0.1, 0.15) is 0 Å². The predicted molar refractivity (Wildman–Crippen MR) is 32.3 cm³/mol. The minimum atomic E-state index is -0.108. The molecule has 0 aliphatic carbocycles. The summed E-state index contributed by atoms with van der Waals surface area (Å²) in [5.74, 6) is 0. The first-order valence-corrected chi connectivity index (χ1v) is 3.34. The van der Waals surface area contributed by atoms with E-state index in [1.165, 1.54) is 11.9 Å². The number of methoxy groups -OCH3 is 1. The van der Waals surface area contributed by atoms with Crippen LogP contribution in [0.15, 0.2) is 0 Å². The van der Waals surface area contributed by atoms with Gasteiger partial charge in [-0.15, -0.1) is 0 Å². The van der Waals surface area contributed by atoms with Gasteiger partial charge in [-0.05, 0) is 11.9 Å². The zero-order valence-electron chi connectivity index (χ0n) is 4.72. The van der Waals surface area contributed by atoms with Gasteiger partial charge in [-0.3, -0.25) is 4.72 Å². The molecule has 0 aromatic heterocycles. The molecule has 1 rings (SSSR count). The SMILES string of the molecule is COC1OCCNS1. The molecule has 0 radical (unpaired) electrons. The molecule has 0 bridgehead atoms. The van der Waals surface area contributed by atoms with Gasteiger partial charge in [0, 0.05) is 13.7 Å². The summed E-state index contributed by atoms with van der Waals surface area (Å²) in [5.41, 5.74) is -0.108. The normalized spacial score (nSPS) is 30.4. The minimum absolute atomic E-state index is 0.108. The van der Waals surface area contributed by atoms with Crippen LogP contribution >= 0.6 is 11.9 Å². The molecule has 8 heavy (non-hydrogen) atoms. The van der Waals surface area contributed by atoms with Gasteiger partial charge >= 0.3 is 0 Å². The molecule has 4 heteroatoms. The van der Waals surface area contributed by atoms with E-state index in [1.54, 1.807) is 7.11 Å². The lowest BCUT2D eigenvalue weighted by atomic mass is 10.7. The van der Waals surface area contributed by atoms with E-state index < -0.39 is 0 Å². The van der Waals surface area contributed by atoms with Gasteiger partial charge < -0.3 is 9.47 Å². The van der Waals surface area contributed by atoms with Crippen LogP contribution in [-0.4, -0.2) is 25.9 Å². The largest absolute Gasteiger partial charge is 0.346 e. The van der Waals surface area contributed by atoms with Crippen LogP contribution in [0, 0.1) is 0 Å². The van der Waals surface area contributed by atoms with Gasteiger partial charge in [0.1, 0.15) is 0 Å². The lowest BCUT2D eigenvalue weighted by molar-refractivity contribution is -0.0640. The van der Waals surface area contributed by atoms with E-state index in [1.807, 2.05) is 0 Å². The van der Waals surface area contributed by atoms with E-state index in [4.69, 9.17) is 9.47 Å². The van der Waals surface area contributed by atoms with Crippen LogP contribution in [0.5, 0.6) is 0 Å². The first kappa shape index (κ1) is 6.35. The molecule has 0 aromatic carbocycles. The molecule has 0 saturated carbocycles. The van der Waals surface area contributed by atoms with Crippen molar-refractivity contribution in [2.24, 2.45) is 0 Å². The molecular weight excluding hydrogens is 126 g/mol. The Morgan fingerprint density at radius 3 is 3.12 bits per heavy atom. The smallest absolute Gasteiger partial charge is 0.220 e. The fourth-order valence-corrected chi connectivity index (χ4v) is 1.07. The van der Waals surface area contributed by atoms with Crippen LogP contribution in [0.25, 0.3) is 0 Å². The fraction of sp³-hybridized carbons (Fsp3) is 1.00. The van der Waals surface area contributed by atoms with Gasteiger partial charge in [0.25, 0.3) is 0 Å². The average molecular weight is 135 g/mol. The summed E-state index contributed by atoms with van der Waals surface area (Å²) in [6.07, 6.45) is 0. The molecule has 1 N–H and O–H groups in total. The summed E-state index contributed by atoms with van der Waals surface area (Å²) in [6.45, 7) is 1.65. The molecule has 1 aliphatic rings. The Morgan fingerprint density at radius 1 is 1.88 bits per heavy atom. The van der Waals surface area contributed by atoms with Gasteiger partial charge in [-0.2, -0.15) is 0 Å². The maximum Gasteiger partial charge on any atom is 0.220 e. The second-order valence-electron chi connectivity index (χ2n) is 1.41. The molecule has 1 aliphatic heterocycles. The quantitative estimate of drug-likeness (QED) is 0.520. The predicted octanol–water partition coefficient (Wildman–Crippen LogP) is 0.184. The van der Waals surface area contributed by atoms with E-state index in [0.717, 1.165) is 13.2 Å². The van der Waals surface area contributed by atoms with E-state index in [2.05, 4.69) is 4.72 Å². The number of hydrogen-bond acceptors (Lipinski definition) is 4. The molecule has 0 aromatic rings. The average Bonchev–Trinajstić information content (AvgIpc) is 1.90. The summed E-state index contributed by atoms with van der Waals surface area (Å²) < 4.78 is 13.0. The molecule has 48 valence electrons. The molecule has 0 amide bonds. The lowest BCUT2D eigenvalue weighted by Crippen LogP contribution is -2.28. The van der Waals surface area contributed by atoms with E-state index in [9.17, 15) is 0 Å². The van der Waals surface area contributed by atoms with Crippen molar-refractivity contribution in [2.75, 3.05) is 20.3 Å². The Labute approximate surface area is 52.9 Å². The summed E-state index contributed by atoms with van der Waals surface area (Å²) >= 11 is 1.47. The molecule has 1 atom stereocenters. The number of rotatable bonds is 1. The van der Waals surface area contributed by atoms with Crippen LogP contribution in [0.4, 0.5) is 0 Å². The highest BCUT2D eigenvalue weighted by molar-refractivity contribution is 7.97. The second-order valence-corrected chi connectivity index (χ2v) is 2.32. The van der Waals surface area contributed by atoms with Crippen molar-refractivity contribution in [2.45, 2.75) is 5.62 Å². The lowest BCUT2D eigenvalue weighted by Gasteiger charge is -2.20. The summed E-state index contributed by atoms with van der Waals surface area (Å²) in [5, 5.41) is 0. The Hall–Kier alpha value is 0.230. The van der Waals surface area contributed by atoms with Crippen molar-refractivity contribution in [3.05, 3.63) is 0 Å². The molecule has 1 saturated heterocycles. The third-order valence-electron chi connectivity index (χ3n) is 0.830. The monoisotopic (exact) mass is 135 g/mol. The molecule has 1 heterocycles. The fourth-order valence-electron chi connectivity index (χ4n) is 0.474. The third kappa shape index (κ3) is 1.63. The van der Waals surface area contributed by atoms with E-state index >= 15 is 0 Å². The van der Waals surface area contributed by atoms with Gasteiger partial charge in [0.05, 0.1) is 6.61 Å². The van der Waals surface area contributed by atoms with Crippen molar-refractivity contribution < 1.29 is 9.47 Å². The van der Waals surface area contributed by atoms with Crippen LogP contribution in [0.3, 0.4) is 0 Å². The molecular formula is C4H9NO2S. The number of hydrogen-bond donors (Lipinski definition) is 1. The van der Waals surface area contributed by atoms with Crippen LogP contribution in [0.2, 0.25) is 0 Å². The molecule has 1 fully saturated rings. The maximum absolute atomic E-state index is 5.11. The van der Waals surface area contributed by atoms with Gasteiger partial charge in [0.15, 0.2) is 0 Å². The van der Waals surface area contributed by atoms with E-state index in [0.29, 0.717) is 0 Å². The van der Waals surface area contributed by atoms with Crippen molar-refractivity contribution in [1.82, 2.24) is 4.72 Å². The first-order chi connectivity index (χ1) is 3.93. The highest BCUT2D eigenvalue weighted by Gasteiger charge is 2.11. The van der Waals surface area contributed by atoms with Crippen LogP contribution < -0.4 is 4.72 Å². The standard InChI is InChI=1S/C4H9NO2S/c1-6-4-7-3-2-5-8-4/h4-5H,2-3H2,1H3. The summed E-state index contributed by atoms with van der Waals surface area (Å²) in [7, 11) is 1.63.